The summed E-state index contributed by atoms with van der Waals surface area (Å²) in [6, 6.07) is 0. The number of carbonyl (C=O) groups excluding carboxylic acids is 1. The largest absolute Gasteiger partial charge is 1.00 e. The average molecular weight is 240 g/mol. The van der Waals surface area contributed by atoms with Gasteiger partial charge >= 0.3 is 0 Å². The third-order valence-corrected chi connectivity index (χ3v) is 0. The molecule has 0 aliphatic rings. The van der Waals surface area contributed by atoms with Gasteiger partial charge in [0.15, 0.2) is 0 Å². The molecule has 0 radical (unpaired) electrons. The summed E-state index contributed by atoms with van der Waals surface area (Å²) in [5.74, 6) is 0. The topological polar surface area (TPSA) is 17.1 Å². The van der Waals surface area contributed by atoms with Crippen molar-refractivity contribution in [3.8, 4) is 0 Å². The van der Waals surface area contributed by atoms with Crippen LogP contribution in [-0.4, -0.2) is 6.79 Å². The molecule has 0 unspecified atom stereocenters. The van der Waals surface area contributed by atoms with Crippen LogP contribution in [0.3, 0.4) is 0 Å². The molecule has 0 rings (SSSR count). The van der Waals surface area contributed by atoms with E-state index in [0.29, 0.717) is 0 Å². The molecule has 0 aliphatic heterocycles. The van der Waals surface area contributed by atoms with Crippen molar-refractivity contribution in [3.63, 3.8) is 0 Å². The van der Waals surface area contributed by atoms with Crippen LogP contribution in [0.5, 0.6) is 0 Å². The molecule has 0 N–H and O–H groups in total. The predicted molar refractivity (Wildman–Crippen MR) is 7.12 cm³/mol. The molecule has 0 saturated carbocycles. The molecule has 9 heavy (non-hydrogen) atoms. The molecule has 0 bridgehead atoms. The Kier molecular flexibility index (Phi) is 7140000. The van der Waals surface area contributed by atoms with Gasteiger partial charge in [0.25, 0.3) is 0 Å². The fraction of sp³-hybridized carbons (Fsp3) is 0. The number of halogens is 6. The van der Waals surface area contributed by atoms with Gasteiger partial charge in [-0.25, -0.2) is 0 Å². The van der Waals surface area contributed by atoms with Crippen molar-refractivity contribution >= 4 is 6.79 Å². The van der Waals surface area contributed by atoms with E-state index in [4.69, 9.17) is 4.79 Å². The van der Waals surface area contributed by atoms with Gasteiger partial charge in [0, 0.05) is 21.1 Å². The Hall–Kier alpha value is -0.0617. The molecule has 8 heteroatoms. The SMILES string of the molecule is C=O.[F-].[F-].[F-].[F-].[F-].[F-].[Mo]. The number of hydrogen-bond acceptors (Lipinski definition) is 1. The summed E-state index contributed by atoms with van der Waals surface area (Å²) in [5.41, 5.74) is 0. The Morgan fingerprint density at radius 2 is 0.556 bits per heavy atom. The van der Waals surface area contributed by atoms with E-state index in [1.807, 2.05) is 6.79 Å². The maximum atomic E-state index is 8.00. The second kappa shape index (κ2) is 100000. The second-order valence-corrected chi connectivity index (χ2v) is 0. The van der Waals surface area contributed by atoms with Crippen molar-refractivity contribution < 1.29 is 54.1 Å². The summed E-state index contributed by atoms with van der Waals surface area (Å²) in [6.45, 7) is 2.00. The first kappa shape index (κ1) is 640. The molecule has 0 aromatic rings. The summed E-state index contributed by atoms with van der Waals surface area (Å²) in [4.78, 5) is 8.00. The van der Waals surface area contributed by atoms with Gasteiger partial charge in [-0.2, -0.15) is 0 Å². The monoisotopic (exact) mass is 242 g/mol. The van der Waals surface area contributed by atoms with Crippen LogP contribution in [0.1, 0.15) is 0 Å². The standard InChI is InChI=1S/CH2O.6FH.Mo/c1-2;;;;;;;/h1H2;6*1H;/p-6. The first-order valence-electron chi connectivity index (χ1n) is 0.289. The zero-order valence-electron chi connectivity index (χ0n) is 3.79. The number of hydrogen-bond donors (Lipinski definition) is 0. The number of carbonyl (C=O) groups is 1. The van der Waals surface area contributed by atoms with E-state index < -0.39 is 0 Å². The van der Waals surface area contributed by atoms with E-state index in [9.17, 15) is 0 Å². The van der Waals surface area contributed by atoms with Crippen LogP contribution < -0.4 is 28.2 Å². The van der Waals surface area contributed by atoms with Crippen molar-refractivity contribution in [1.82, 2.24) is 0 Å². The van der Waals surface area contributed by atoms with Gasteiger partial charge in [0.1, 0.15) is 6.79 Å². The van der Waals surface area contributed by atoms with Gasteiger partial charge in [-0.05, 0) is 0 Å². The smallest absolute Gasteiger partial charge is 0.106 e. The second-order valence-electron chi connectivity index (χ2n) is 0. The van der Waals surface area contributed by atoms with Crippen LogP contribution in [0.15, 0.2) is 0 Å². The van der Waals surface area contributed by atoms with E-state index in [1.54, 1.807) is 0 Å². The number of rotatable bonds is 0. The Labute approximate surface area is 61.7 Å². The normalized spacial score (nSPS) is 0.444. The Balaban J connectivity index is -0.000000000238. The molecule has 0 spiro atoms. The molecular weight excluding hydrogens is 238 g/mol. The fourth-order valence-corrected chi connectivity index (χ4v) is 0. The van der Waals surface area contributed by atoms with E-state index in [2.05, 4.69) is 0 Å². The quantitative estimate of drug-likeness (QED) is 0.303. The minimum absolute atomic E-state index is 0. The first-order chi connectivity index (χ1) is 1.00. The Morgan fingerprint density at radius 1 is 0.556 bits per heavy atom. The molecule has 0 aromatic carbocycles. The maximum Gasteiger partial charge on any atom is 0.106 e. The summed E-state index contributed by atoms with van der Waals surface area (Å²) in [6.07, 6.45) is 0. The third kappa shape index (κ3) is 73600. The maximum absolute atomic E-state index is 8.00. The molecule has 1 nitrogen and oxygen atoms in total. The molecule has 0 amide bonds. The van der Waals surface area contributed by atoms with Crippen LogP contribution in [0, 0.1) is 0 Å². The minimum Gasteiger partial charge on any atom is -1.00 e. The molecule has 0 aromatic heterocycles. The van der Waals surface area contributed by atoms with Gasteiger partial charge in [-0.3, -0.25) is 0 Å². The Bertz CT molecular complexity index is 13.0. The van der Waals surface area contributed by atoms with E-state index >= 15 is 0 Å². The van der Waals surface area contributed by atoms with E-state index in [0.717, 1.165) is 0 Å². The van der Waals surface area contributed by atoms with E-state index in [-0.39, 0.29) is 49.3 Å². The van der Waals surface area contributed by atoms with Crippen LogP contribution in [0.2, 0.25) is 0 Å². The van der Waals surface area contributed by atoms with Crippen molar-refractivity contribution in [1.29, 1.82) is 0 Å². The van der Waals surface area contributed by atoms with Crippen molar-refractivity contribution in [2.45, 2.75) is 0 Å². The van der Waals surface area contributed by atoms with Gasteiger partial charge < -0.3 is 33.0 Å². The van der Waals surface area contributed by atoms with Crippen molar-refractivity contribution in [3.05, 3.63) is 0 Å². The zero-order chi connectivity index (χ0) is 2.00. The molecule has 0 saturated heterocycles. The first-order valence-corrected chi connectivity index (χ1v) is 0.289. The van der Waals surface area contributed by atoms with Gasteiger partial charge in [-0.15, -0.1) is 0 Å². The molecule has 0 heterocycles. The zero-order valence-corrected chi connectivity index (χ0v) is 5.80. The Morgan fingerprint density at radius 3 is 0.556 bits per heavy atom. The van der Waals surface area contributed by atoms with E-state index in [1.165, 1.54) is 0 Å². The summed E-state index contributed by atoms with van der Waals surface area (Å²) >= 11 is 0. The van der Waals surface area contributed by atoms with Crippen LogP contribution in [0.4, 0.5) is 0 Å². The molecular formula is CH2F6MoO-6. The van der Waals surface area contributed by atoms with Crippen LogP contribution >= 0.6 is 0 Å². The fourth-order valence-electron chi connectivity index (χ4n) is 0. The van der Waals surface area contributed by atoms with Gasteiger partial charge in [0.05, 0.1) is 0 Å². The average Bonchev–Trinajstić information content (AvgIpc) is 1.00. The summed E-state index contributed by atoms with van der Waals surface area (Å²) < 4.78 is 0. The molecule has 66 valence electrons. The minimum atomic E-state index is 0. The van der Waals surface area contributed by atoms with Crippen LogP contribution in [0.25, 0.3) is 0 Å². The van der Waals surface area contributed by atoms with Gasteiger partial charge in [-0.1, -0.05) is 0 Å². The molecule has 0 aliphatic carbocycles. The van der Waals surface area contributed by atoms with Crippen LogP contribution in [-0.2, 0) is 25.9 Å². The summed E-state index contributed by atoms with van der Waals surface area (Å²) in [7, 11) is 0. The van der Waals surface area contributed by atoms with Gasteiger partial charge in [0.2, 0.25) is 0 Å². The molecule has 0 atom stereocenters. The summed E-state index contributed by atoms with van der Waals surface area (Å²) in [5, 5.41) is 0. The van der Waals surface area contributed by atoms with Crippen molar-refractivity contribution in [2.75, 3.05) is 0 Å². The molecule has 0 fully saturated rings. The van der Waals surface area contributed by atoms with Crippen molar-refractivity contribution in [2.24, 2.45) is 0 Å². The predicted octanol–water partition coefficient (Wildman–Crippen LogP) is -18.2. The third-order valence-electron chi connectivity index (χ3n) is 0.